The van der Waals surface area contributed by atoms with Gasteiger partial charge in [0.05, 0.1) is 30.3 Å². The van der Waals surface area contributed by atoms with Gasteiger partial charge in [-0.3, -0.25) is 14.6 Å². The van der Waals surface area contributed by atoms with E-state index in [1.165, 1.54) is 6.20 Å². The van der Waals surface area contributed by atoms with Gasteiger partial charge in [0.25, 0.3) is 0 Å². The lowest BCUT2D eigenvalue weighted by molar-refractivity contribution is 0.0184. The van der Waals surface area contributed by atoms with Gasteiger partial charge in [0.2, 0.25) is 0 Å². The minimum Gasteiger partial charge on any atom is -0.482 e. The summed E-state index contributed by atoms with van der Waals surface area (Å²) in [6.07, 6.45) is 11.1. The number of amides is 1. The zero-order valence-electron chi connectivity index (χ0n) is 22.8. The van der Waals surface area contributed by atoms with E-state index < -0.39 is 11.7 Å². The first kappa shape index (κ1) is 26.2. The van der Waals surface area contributed by atoms with Crippen molar-refractivity contribution in [2.24, 2.45) is 0 Å². The van der Waals surface area contributed by atoms with Crippen LogP contribution in [0.3, 0.4) is 0 Å². The van der Waals surface area contributed by atoms with Gasteiger partial charge in [0, 0.05) is 48.5 Å². The number of nitrogens with zero attached hydrogens (tertiary/aromatic N) is 8. The summed E-state index contributed by atoms with van der Waals surface area (Å²) < 4.78 is 15.6. The molecule has 1 aliphatic heterocycles. The minimum absolute atomic E-state index is 0.170. The van der Waals surface area contributed by atoms with E-state index in [0.29, 0.717) is 35.6 Å². The molecule has 39 heavy (non-hydrogen) atoms. The molecular weight excluding hydrogens is 496 g/mol. The number of fused-ring (bicyclic) bond motifs is 1. The van der Waals surface area contributed by atoms with Crippen molar-refractivity contribution in [2.75, 3.05) is 13.1 Å². The molecule has 0 aromatic carbocycles. The van der Waals surface area contributed by atoms with E-state index in [1.54, 1.807) is 28.0 Å². The molecule has 4 aromatic rings. The summed E-state index contributed by atoms with van der Waals surface area (Å²) in [5, 5.41) is 18.8. The Morgan fingerprint density at radius 2 is 1.92 bits per heavy atom. The Labute approximate surface area is 227 Å². The van der Waals surface area contributed by atoms with Gasteiger partial charge in [-0.15, -0.1) is 0 Å². The number of carbonyl (C=O) groups is 1. The van der Waals surface area contributed by atoms with Gasteiger partial charge in [-0.05, 0) is 53.5 Å². The van der Waals surface area contributed by atoms with Gasteiger partial charge in [0.1, 0.15) is 34.6 Å². The second-order valence-electron chi connectivity index (χ2n) is 10.7. The molecule has 0 bridgehead atoms. The second-order valence-corrected chi connectivity index (χ2v) is 10.7. The van der Waals surface area contributed by atoms with Crippen molar-refractivity contribution in [3.63, 3.8) is 0 Å². The summed E-state index contributed by atoms with van der Waals surface area (Å²) >= 11 is 0. The maximum atomic E-state index is 12.5. The van der Waals surface area contributed by atoms with Crippen molar-refractivity contribution in [3.05, 3.63) is 60.2 Å². The third kappa shape index (κ3) is 5.41. The number of pyridine rings is 1. The fraction of sp³-hybridized carbons (Fsp3) is 0.429. The van der Waals surface area contributed by atoms with Gasteiger partial charge >= 0.3 is 6.09 Å². The van der Waals surface area contributed by atoms with E-state index >= 15 is 0 Å². The van der Waals surface area contributed by atoms with E-state index in [2.05, 4.69) is 21.1 Å². The number of ether oxygens (including phenoxy) is 2. The molecule has 4 aromatic heterocycles. The SMILES string of the molecule is Cc1c(-c2cc(O[C@H](C)c3cnccn3)c3c(C#N)cnn3c2)cnn1C1CCN(C(=O)OC(C)(C)C)CC1. The van der Waals surface area contributed by atoms with Gasteiger partial charge in [0.15, 0.2) is 0 Å². The molecule has 0 radical (unpaired) electrons. The number of aromatic nitrogens is 6. The molecule has 5 rings (SSSR count). The number of rotatable bonds is 5. The predicted octanol–water partition coefficient (Wildman–Crippen LogP) is 4.88. The maximum Gasteiger partial charge on any atom is 0.410 e. The van der Waals surface area contributed by atoms with E-state index in [4.69, 9.17) is 14.6 Å². The number of likely N-dealkylation sites (tertiary alicyclic amines) is 1. The molecule has 0 N–H and O–H groups in total. The van der Waals surface area contributed by atoms with Gasteiger partial charge in [-0.2, -0.15) is 15.5 Å². The number of nitriles is 1. The zero-order valence-corrected chi connectivity index (χ0v) is 22.8. The lowest BCUT2D eigenvalue weighted by Crippen LogP contribution is -2.42. The first-order valence-electron chi connectivity index (χ1n) is 13.0. The highest BCUT2D eigenvalue weighted by molar-refractivity contribution is 5.76. The van der Waals surface area contributed by atoms with Crippen LogP contribution in [0, 0.1) is 18.3 Å². The van der Waals surface area contributed by atoms with E-state index in [0.717, 1.165) is 29.7 Å². The van der Waals surface area contributed by atoms with Crippen LogP contribution in [0.15, 0.2) is 43.2 Å². The predicted molar refractivity (Wildman–Crippen MR) is 143 cm³/mol. The normalized spacial score (nSPS) is 15.2. The van der Waals surface area contributed by atoms with Gasteiger partial charge in [-0.25, -0.2) is 9.31 Å². The van der Waals surface area contributed by atoms with Crippen LogP contribution in [0.5, 0.6) is 5.75 Å². The third-order valence-electron chi connectivity index (χ3n) is 6.82. The molecule has 0 saturated carbocycles. The average Bonchev–Trinajstić information content (AvgIpc) is 3.51. The Bertz CT molecular complexity index is 1520. The molecule has 1 atom stereocenters. The number of carbonyl (C=O) groups excluding carboxylic acids is 1. The van der Waals surface area contributed by atoms with Crippen molar-refractivity contribution < 1.29 is 14.3 Å². The number of piperidine rings is 1. The van der Waals surface area contributed by atoms with Gasteiger partial charge in [-0.1, -0.05) is 0 Å². The lowest BCUT2D eigenvalue weighted by Gasteiger charge is -2.33. The Morgan fingerprint density at radius 1 is 1.15 bits per heavy atom. The minimum atomic E-state index is -0.514. The van der Waals surface area contributed by atoms with Crippen LogP contribution in [-0.2, 0) is 4.74 Å². The summed E-state index contributed by atoms with van der Waals surface area (Å²) in [6, 6.07) is 4.29. The monoisotopic (exact) mass is 528 g/mol. The Hall–Kier alpha value is -4.46. The molecule has 11 heteroatoms. The number of hydrogen-bond acceptors (Lipinski definition) is 8. The summed E-state index contributed by atoms with van der Waals surface area (Å²) in [5.41, 5.74) is 4.00. The second kappa shape index (κ2) is 10.4. The fourth-order valence-electron chi connectivity index (χ4n) is 4.87. The Morgan fingerprint density at radius 3 is 2.59 bits per heavy atom. The quantitative estimate of drug-likeness (QED) is 0.359. The van der Waals surface area contributed by atoms with Crippen molar-refractivity contribution in [3.8, 4) is 22.9 Å². The molecule has 202 valence electrons. The molecular formula is C28H32N8O3. The maximum absolute atomic E-state index is 12.5. The van der Waals surface area contributed by atoms with Crippen LogP contribution in [0.25, 0.3) is 16.6 Å². The molecule has 0 aliphatic carbocycles. The van der Waals surface area contributed by atoms with Crippen LogP contribution in [0.4, 0.5) is 4.79 Å². The summed E-state index contributed by atoms with van der Waals surface area (Å²) in [7, 11) is 0. The molecule has 0 spiro atoms. The first-order chi connectivity index (χ1) is 18.6. The van der Waals surface area contributed by atoms with Crippen molar-refractivity contribution in [2.45, 2.75) is 65.2 Å². The lowest BCUT2D eigenvalue weighted by atomic mass is 10.0. The van der Waals surface area contributed by atoms with Crippen molar-refractivity contribution in [1.82, 2.24) is 34.3 Å². The molecule has 0 unspecified atom stereocenters. The van der Waals surface area contributed by atoms with Crippen LogP contribution >= 0.6 is 0 Å². The third-order valence-corrected chi connectivity index (χ3v) is 6.82. The molecule has 1 fully saturated rings. The van der Waals surface area contributed by atoms with E-state index in [1.807, 2.05) is 57.8 Å². The Kier molecular flexibility index (Phi) is 6.95. The molecule has 1 aliphatic rings. The van der Waals surface area contributed by atoms with Crippen LogP contribution in [0.2, 0.25) is 0 Å². The van der Waals surface area contributed by atoms with Crippen molar-refractivity contribution >= 4 is 11.6 Å². The first-order valence-corrected chi connectivity index (χ1v) is 13.0. The van der Waals surface area contributed by atoms with Crippen LogP contribution < -0.4 is 4.74 Å². The van der Waals surface area contributed by atoms with Crippen LogP contribution in [0.1, 0.15) is 69.6 Å². The molecule has 11 nitrogen and oxygen atoms in total. The molecule has 1 amide bonds. The fourth-order valence-corrected chi connectivity index (χ4v) is 4.87. The topological polar surface area (TPSA) is 123 Å². The summed E-state index contributed by atoms with van der Waals surface area (Å²) in [5.74, 6) is 0.525. The largest absolute Gasteiger partial charge is 0.482 e. The average molecular weight is 529 g/mol. The Balaban J connectivity index is 1.41. The smallest absolute Gasteiger partial charge is 0.410 e. The van der Waals surface area contributed by atoms with E-state index in [9.17, 15) is 10.1 Å². The number of hydrogen-bond donors (Lipinski definition) is 0. The highest BCUT2D eigenvalue weighted by atomic mass is 16.6. The van der Waals surface area contributed by atoms with Crippen molar-refractivity contribution in [1.29, 1.82) is 5.26 Å². The van der Waals surface area contributed by atoms with Gasteiger partial charge < -0.3 is 14.4 Å². The highest BCUT2D eigenvalue weighted by Gasteiger charge is 2.29. The standard InChI is InChI=1S/C28H32N8O3/c1-18-23(15-33-36(18)22-6-10-34(11-7-22)27(37)39-28(3,4)5)20-12-25(26-21(13-29)14-32-35(26)17-20)38-19(2)24-16-30-8-9-31-24/h8-9,12,14-17,19,22H,6-7,10-11H2,1-5H3/t19-/m1/s1. The van der Waals surface area contributed by atoms with E-state index in [-0.39, 0.29) is 12.1 Å². The zero-order chi connectivity index (χ0) is 27.7. The van der Waals surface area contributed by atoms with Crippen LogP contribution in [-0.4, -0.2) is 59.0 Å². The molecule has 5 heterocycles. The molecule has 1 saturated heterocycles. The highest BCUT2D eigenvalue weighted by Crippen LogP contribution is 2.35. The summed E-state index contributed by atoms with van der Waals surface area (Å²) in [6.45, 7) is 10.8. The summed E-state index contributed by atoms with van der Waals surface area (Å²) in [4.78, 5) is 22.7.